The molecule has 0 amide bonds. The summed E-state index contributed by atoms with van der Waals surface area (Å²) in [5, 5.41) is 9.00. The maximum Gasteiger partial charge on any atom is 0.339 e. The largest absolute Gasteiger partial charge is 0.490 e. The first kappa shape index (κ1) is 15.3. The quantitative estimate of drug-likeness (QED) is 0.802. The van der Waals surface area contributed by atoms with Crippen LogP contribution in [0.5, 0.6) is 11.5 Å². The first-order valence-corrected chi connectivity index (χ1v) is 6.89. The average Bonchev–Trinajstić information content (AvgIpc) is 2.43. The third-order valence-electron chi connectivity index (χ3n) is 2.56. The van der Waals surface area contributed by atoms with E-state index in [4.69, 9.17) is 14.6 Å². The number of rotatable bonds is 6. The van der Waals surface area contributed by atoms with Gasteiger partial charge < -0.3 is 14.6 Å². The first-order chi connectivity index (χ1) is 10.1. The molecule has 0 spiro atoms. The second-order valence-corrected chi connectivity index (χ2v) is 5.02. The number of carboxylic acids is 1. The fourth-order valence-electron chi connectivity index (χ4n) is 1.69. The van der Waals surface area contributed by atoms with Crippen molar-refractivity contribution in [2.24, 2.45) is 0 Å². The summed E-state index contributed by atoms with van der Waals surface area (Å²) in [4.78, 5) is 11.0. The predicted octanol–water partition coefficient (Wildman–Crippen LogP) is 3.74. The Hall–Kier alpha value is -2.08. The van der Waals surface area contributed by atoms with Crippen molar-refractivity contribution in [2.45, 2.75) is 0 Å². The molecule has 0 atom stereocenters. The molecule has 2 aromatic rings. The van der Waals surface area contributed by atoms with Gasteiger partial charge in [-0.2, -0.15) is 0 Å². The lowest BCUT2D eigenvalue weighted by molar-refractivity contribution is 0.0691. The number of ether oxygens (including phenoxy) is 2. The highest BCUT2D eigenvalue weighted by molar-refractivity contribution is 9.10. The molecule has 0 bridgehead atoms. The number of hydrogen-bond donors (Lipinski definition) is 1. The van der Waals surface area contributed by atoms with E-state index in [-0.39, 0.29) is 24.5 Å². The third kappa shape index (κ3) is 4.46. The average molecular weight is 355 g/mol. The number of aromatic carboxylic acids is 1. The molecule has 4 nitrogen and oxygen atoms in total. The van der Waals surface area contributed by atoms with Crippen molar-refractivity contribution in [1.82, 2.24) is 0 Å². The minimum atomic E-state index is -1.06. The molecule has 0 heterocycles. The lowest BCUT2D eigenvalue weighted by atomic mass is 10.2. The fourth-order valence-corrected chi connectivity index (χ4v) is 2.14. The van der Waals surface area contributed by atoms with E-state index in [1.54, 1.807) is 24.3 Å². The summed E-state index contributed by atoms with van der Waals surface area (Å²) in [6, 6.07) is 10.6. The van der Waals surface area contributed by atoms with E-state index in [9.17, 15) is 9.18 Å². The number of benzene rings is 2. The number of carbonyl (C=O) groups is 1. The lowest BCUT2D eigenvalue weighted by Gasteiger charge is -2.10. The Bertz CT molecular complexity index is 625. The molecule has 0 saturated heterocycles. The van der Waals surface area contributed by atoms with Crippen LogP contribution >= 0.6 is 15.9 Å². The number of carboxylic acid groups (broad SMARTS) is 1. The van der Waals surface area contributed by atoms with E-state index in [0.29, 0.717) is 10.2 Å². The minimum Gasteiger partial charge on any atom is -0.490 e. The van der Waals surface area contributed by atoms with Gasteiger partial charge in [0.25, 0.3) is 0 Å². The van der Waals surface area contributed by atoms with Crippen LogP contribution in [0.15, 0.2) is 46.9 Å². The Kier molecular flexibility index (Phi) is 5.16. The summed E-state index contributed by atoms with van der Waals surface area (Å²) in [5.41, 5.74) is 0.0889. The van der Waals surface area contributed by atoms with Crippen LogP contribution in [0.1, 0.15) is 10.4 Å². The van der Waals surface area contributed by atoms with Crippen molar-refractivity contribution in [3.8, 4) is 11.5 Å². The molecule has 0 radical (unpaired) electrons. The predicted molar refractivity (Wildman–Crippen MR) is 78.5 cm³/mol. The van der Waals surface area contributed by atoms with Gasteiger partial charge in [0.05, 0.1) is 0 Å². The maximum absolute atomic E-state index is 13.1. The van der Waals surface area contributed by atoms with E-state index >= 15 is 0 Å². The van der Waals surface area contributed by atoms with Gasteiger partial charge in [-0.05, 0) is 24.3 Å². The van der Waals surface area contributed by atoms with Gasteiger partial charge in [0.15, 0.2) is 0 Å². The molecule has 6 heteroatoms. The second kappa shape index (κ2) is 7.08. The molecule has 0 saturated carbocycles. The van der Waals surface area contributed by atoms with E-state index in [1.165, 1.54) is 18.2 Å². The SMILES string of the molecule is O=C(O)c1ccccc1OCCOc1cc(F)cc(Br)c1. The Morgan fingerprint density at radius 3 is 2.57 bits per heavy atom. The molecule has 110 valence electrons. The summed E-state index contributed by atoms with van der Waals surface area (Å²) in [5.74, 6) is -0.817. The smallest absolute Gasteiger partial charge is 0.339 e. The van der Waals surface area contributed by atoms with Crippen LogP contribution < -0.4 is 9.47 Å². The summed E-state index contributed by atoms with van der Waals surface area (Å²) in [7, 11) is 0. The topological polar surface area (TPSA) is 55.8 Å². The van der Waals surface area contributed by atoms with Gasteiger partial charge in [-0.25, -0.2) is 9.18 Å². The van der Waals surface area contributed by atoms with E-state index < -0.39 is 11.8 Å². The first-order valence-electron chi connectivity index (χ1n) is 6.10. The summed E-state index contributed by atoms with van der Waals surface area (Å²) in [6.07, 6.45) is 0. The van der Waals surface area contributed by atoms with Gasteiger partial charge in [0.1, 0.15) is 36.1 Å². The highest BCUT2D eigenvalue weighted by atomic mass is 79.9. The Morgan fingerprint density at radius 2 is 1.86 bits per heavy atom. The van der Waals surface area contributed by atoms with Crippen molar-refractivity contribution >= 4 is 21.9 Å². The van der Waals surface area contributed by atoms with E-state index in [2.05, 4.69) is 15.9 Å². The molecular formula is C15H12BrFO4. The monoisotopic (exact) mass is 354 g/mol. The van der Waals surface area contributed by atoms with Gasteiger partial charge in [-0.3, -0.25) is 0 Å². The Morgan fingerprint density at radius 1 is 1.14 bits per heavy atom. The third-order valence-corrected chi connectivity index (χ3v) is 3.02. The van der Waals surface area contributed by atoms with Crippen LogP contribution in [0.25, 0.3) is 0 Å². The van der Waals surface area contributed by atoms with Crippen LogP contribution in [-0.4, -0.2) is 24.3 Å². The van der Waals surface area contributed by atoms with Gasteiger partial charge in [0.2, 0.25) is 0 Å². The molecule has 0 aliphatic carbocycles. The van der Waals surface area contributed by atoms with Crippen LogP contribution in [0, 0.1) is 5.82 Å². The van der Waals surface area contributed by atoms with Crippen LogP contribution in [0.4, 0.5) is 4.39 Å². The van der Waals surface area contributed by atoms with Crippen molar-refractivity contribution in [2.75, 3.05) is 13.2 Å². The summed E-state index contributed by atoms with van der Waals surface area (Å²) < 4.78 is 24.4. The minimum absolute atomic E-state index is 0.0889. The zero-order valence-electron chi connectivity index (χ0n) is 10.9. The standard InChI is InChI=1S/C15H12BrFO4/c16-10-7-11(17)9-12(8-10)20-5-6-21-14-4-2-1-3-13(14)15(18)19/h1-4,7-9H,5-6H2,(H,18,19). The Balaban J connectivity index is 1.89. The second-order valence-electron chi connectivity index (χ2n) is 4.10. The van der Waals surface area contributed by atoms with Gasteiger partial charge >= 0.3 is 5.97 Å². The number of para-hydroxylation sites is 1. The molecule has 0 fully saturated rings. The molecule has 2 aromatic carbocycles. The summed E-state index contributed by atoms with van der Waals surface area (Å²) in [6.45, 7) is 0.322. The van der Waals surface area contributed by atoms with Crippen molar-refractivity contribution in [1.29, 1.82) is 0 Å². The highest BCUT2D eigenvalue weighted by Crippen LogP contribution is 2.21. The van der Waals surface area contributed by atoms with Gasteiger partial charge in [-0.15, -0.1) is 0 Å². The molecule has 0 unspecified atom stereocenters. The van der Waals surface area contributed by atoms with Crippen molar-refractivity contribution < 1.29 is 23.8 Å². The molecule has 0 aliphatic heterocycles. The normalized spacial score (nSPS) is 10.2. The number of halogens is 2. The van der Waals surface area contributed by atoms with Crippen LogP contribution in [-0.2, 0) is 0 Å². The summed E-state index contributed by atoms with van der Waals surface area (Å²) >= 11 is 3.17. The highest BCUT2D eigenvalue weighted by Gasteiger charge is 2.09. The maximum atomic E-state index is 13.1. The lowest BCUT2D eigenvalue weighted by Crippen LogP contribution is -2.11. The molecule has 0 aromatic heterocycles. The molecule has 2 rings (SSSR count). The van der Waals surface area contributed by atoms with E-state index in [0.717, 1.165) is 0 Å². The molecule has 0 aliphatic rings. The fraction of sp³-hybridized carbons (Fsp3) is 0.133. The molecule has 1 N–H and O–H groups in total. The zero-order valence-corrected chi connectivity index (χ0v) is 12.5. The van der Waals surface area contributed by atoms with Gasteiger partial charge in [0, 0.05) is 10.5 Å². The number of hydrogen-bond acceptors (Lipinski definition) is 3. The molecule has 21 heavy (non-hydrogen) atoms. The Labute approximate surface area is 129 Å². The van der Waals surface area contributed by atoms with Crippen molar-refractivity contribution in [3.63, 3.8) is 0 Å². The van der Waals surface area contributed by atoms with E-state index in [1.807, 2.05) is 0 Å². The van der Waals surface area contributed by atoms with Crippen LogP contribution in [0.3, 0.4) is 0 Å². The van der Waals surface area contributed by atoms with Gasteiger partial charge in [-0.1, -0.05) is 28.1 Å². The van der Waals surface area contributed by atoms with Crippen molar-refractivity contribution in [3.05, 3.63) is 58.3 Å². The zero-order chi connectivity index (χ0) is 15.2. The molecular weight excluding hydrogens is 343 g/mol. The van der Waals surface area contributed by atoms with Crippen LogP contribution in [0.2, 0.25) is 0 Å².